The minimum atomic E-state index is -0.433. The SMILES string of the molecule is CC(=NNc1nc(C)cc(C)n1)c1ccc([N+](=O)[O-])cc1. The lowest BCUT2D eigenvalue weighted by Gasteiger charge is -2.04. The quantitative estimate of drug-likeness (QED) is 0.529. The van der Waals surface area contributed by atoms with Gasteiger partial charge in [0.15, 0.2) is 0 Å². The zero-order valence-electron chi connectivity index (χ0n) is 12.0. The second kappa shape index (κ2) is 6.08. The van der Waals surface area contributed by atoms with Gasteiger partial charge in [-0.2, -0.15) is 5.10 Å². The Morgan fingerprint density at radius 2 is 1.76 bits per heavy atom. The first-order valence-corrected chi connectivity index (χ1v) is 6.33. The van der Waals surface area contributed by atoms with Crippen LogP contribution in [-0.2, 0) is 0 Å². The monoisotopic (exact) mass is 285 g/mol. The number of hydrazone groups is 1. The lowest BCUT2D eigenvalue weighted by Crippen LogP contribution is -2.04. The van der Waals surface area contributed by atoms with Crippen molar-refractivity contribution in [3.63, 3.8) is 0 Å². The first-order chi connectivity index (χ1) is 9.95. The Hall–Kier alpha value is -2.83. The first kappa shape index (κ1) is 14.6. The molecule has 1 aromatic carbocycles. The Morgan fingerprint density at radius 3 is 2.29 bits per heavy atom. The zero-order valence-corrected chi connectivity index (χ0v) is 12.0. The molecule has 0 saturated carbocycles. The Labute approximate surface area is 121 Å². The maximum atomic E-state index is 10.6. The predicted molar refractivity (Wildman–Crippen MR) is 80.4 cm³/mol. The van der Waals surface area contributed by atoms with Crippen molar-refractivity contribution < 1.29 is 4.92 Å². The summed E-state index contributed by atoms with van der Waals surface area (Å²) in [7, 11) is 0. The number of hydrogen-bond donors (Lipinski definition) is 1. The van der Waals surface area contributed by atoms with Crippen molar-refractivity contribution in [2.24, 2.45) is 5.10 Å². The van der Waals surface area contributed by atoms with E-state index in [-0.39, 0.29) is 5.69 Å². The summed E-state index contributed by atoms with van der Waals surface area (Å²) < 4.78 is 0. The van der Waals surface area contributed by atoms with Crippen LogP contribution in [0.1, 0.15) is 23.9 Å². The first-order valence-electron chi connectivity index (χ1n) is 6.33. The number of aromatic nitrogens is 2. The van der Waals surface area contributed by atoms with Gasteiger partial charge in [0, 0.05) is 23.5 Å². The molecule has 0 aliphatic rings. The third kappa shape index (κ3) is 3.82. The minimum absolute atomic E-state index is 0.0529. The van der Waals surface area contributed by atoms with Crippen molar-refractivity contribution in [1.29, 1.82) is 0 Å². The van der Waals surface area contributed by atoms with Gasteiger partial charge in [0.25, 0.3) is 5.69 Å². The van der Waals surface area contributed by atoms with Crippen LogP contribution in [0, 0.1) is 24.0 Å². The third-order valence-corrected chi connectivity index (χ3v) is 2.80. The molecule has 0 bridgehead atoms. The van der Waals surface area contributed by atoms with Crippen LogP contribution in [0.25, 0.3) is 0 Å². The highest BCUT2D eigenvalue weighted by molar-refractivity contribution is 5.99. The van der Waals surface area contributed by atoms with Gasteiger partial charge in [-0.15, -0.1) is 0 Å². The molecule has 7 nitrogen and oxygen atoms in total. The average molecular weight is 285 g/mol. The van der Waals surface area contributed by atoms with E-state index >= 15 is 0 Å². The van der Waals surface area contributed by atoms with Crippen molar-refractivity contribution in [3.8, 4) is 0 Å². The van der Waals surface area contributed by atoms with Crippen LogP contribution >= 0.6 is 0 Å². The summed E-state index contributed by atoms with van der Waals surface area (Å²) in [6.45, 7) is 5.57. The molecule has 0 fully saturated rings. The molecule has 1 heterocycles. The van der Waals surface area contributed by atoms with Gasteiger partial charge in [0.1, 0.15) is 0 Å². The number of hydrogen-bond acceptors (Lipinski definition) is 6. The third-order valence-electron chi connectivity index (χ3n) is 2.80. The molecule has 1 aromatic heterocycles. The molecule has 0 aliphatic carbocycles. The van der Waals surface area contributed by atoms with Crippen LogP contribution in [-0.4, -0.2) is 20.6 Å². The molecule has 0 atom stereocenters. The lowest BCUT2D eigenvalue weighted by molar-refractivity contribution is -0.384. The van der Waals surface area contributed by atoms with Gasteiger partial charge in [-0.05, 0) is 44.5 Å². The summed E-state index contributed by atoms with van der Waals surface area (Å²) >= 11 is 0. The van der Waals surface area contributed by atoms with Crippen LogP contribution in [0.15, 0.2) is 35.4 Å². The molecule has 0 unspecified atom stereocenters. The van der Waals surface area contributed by atoms with E-state index in [1.807, 2.05) is 19.9 Å². The van der Waals surface area contributed by atoms with Crippen LogP contribution in [0.4, 0.5) is 11.6 Å². The fourth-order valence-corrected chi connectivity index (χ4v) is 1.80. The van der Waals surface area contributed by atoms with Crippen molar-refractivity contribution in [3.05, 3.63) is 57.4 Å². The van der Waals surface area contributed by atoms with Crippen LogP contribution in [0.5, 0.6) is 0 Å². The molecular formula is C14H15N5O2. The molecule has 21 heavy (non-hydrogen) atoms. The topological polar surface area (TPSA) is 93.3 Å². The lowest BCUT2D eigenvalue weighted by atomic mass is 10.1. The molecule has 2 aromatic rings. The summed E-state index contributed by atoms with van der Waals surface area (Å²) in [5, 5.41) is 14.8. The standard InChI is InChI=1S/C14H15N5O2/c1-9-8-10(2)16-14(15-9)18-17-11(3)12-4-6-13(7-5-12)19(20)21/h4-8H,1-3H3,(H,15,16,18). The largest absolute Gasteiger partial charge is 0.269 e. The molecule has 108 valence electrons. The normalized spacial score (nSPS) is 11.3. The highest BCUT2D eigenvalue weighted by Gasteiger charge is 2.05. The van der Waals surface area contributed by atoms with E-state index in [2.05, 4.69) is 20.5 Å². The Morgan fingerprint density at radius 1 is 1.19 bits per heavy atom. The van der Waals surface area contributed by atoms with Crippen molar-refractivity contribution in [1.82, 2.24) is 9.97 Å². The van der Waals surface area contributed by atoms with Gasteiger partial charge in [-0.3, -0.25) is 10.1 Å². The molecule has 2 rings (SSSR count). The summed E-state index contributed by atoms with van der Waals surface area (Å²) in [6, 6.07) is 8.07. The van der Waals surface area contributed by atoms with E-state index in [4.69, 9.17) is 0 Å². The van der Waals surface area contributed by atoms with Crippen molar-refractivity contribution in [2.45, 2.75) is 20.8 Å². The van der Waals surface area contributed by atoms with E-state index in [0.29, 0.717) is 11.7 Å². The fourth-order valence-electron chi connectivity index (χ4n) is 1.80. The number of rotatable bonds is 4. The zero-order chi connectivity index (χ0) is 15.4. The molecule has 0 spiro atoms. The minimum Gasteiger partial charge on any atom is -0.258 e. The molecule has 0 radical (unpaired) electrons. The number of non-ortho nitro benzene ring substituents is 1. The number of anilines is 1. The predicted octanol–water partition coefficient (Wildman–Crippen LogP) is 2.84. The van der Waals surface area contributed by atoms with E-state index < -0.39 is 4.92 Å². The molecular weight excluding hydrogens is 270 g/mol. The summed E-state index contributed by atoms with van der Waals surface area (Å²) in [6.07, 6.45) is 0. The van der Waals surface area contributed by atoms with Gasteiger partial charge in [-0.1, -0.05) is 0 Å². The average Bonchev–Trinajstić information content (AvgIpc) is 2.44. The smallest absolute Gasteiger partial charge is 0.258 e. The van der Waals surface area contributed by atoms with Crippen LogP contribution in [0.2, 0.25) is 0 Å². The number of nitrogens with one attached hydrogen (secondary N) is 1. The second-order valence-corrected chi connectivity index (χ2v) is 4.59. The van der Waals surface area contributed by atoms with Crippen LogP contribution in [0.3, 0.4) is 0 Å². The van der Waals surface area contributed by atoms with E-state index in [1.54, 1.807) is 19.1 Å². The van der Waals surface area contributed by atoms with Gasteiger partial charge in [0.2, 0.25) is 5.95 Å². The molecule has 0 saturated heterocycles. The van der Waals surface area contributed by atoms with E-state index in [0.717, 1.165) is 17.0 Å². The number of nitro benzene ring substituents is 1. The van der Waals surface area contributed by atoms with Gasteiger partial charge in [0.05, 0.1) is 10.6 Å². The molecule has 1 N–H and O–H groups in total. The Kier molecular flexibility index (Phi) is 4.22. The van der Waals surface area contributed by atoms with Crippen molar-refractivity contribution >= 4 is 17.3 Å². The van der Waals surface area contributed by atoms with Gasteiger partial charge in [-0.25, -0.2) is 15.4 Å². The number of benzene rings is 1. The summed E-state index contributed by atoms with van der Waals surface area (Å²) in [5.41, 5.74) is 6.03. The highest BCUT2D eigenvalue weighted by Crippen LogP contribution is 2.13. The highest BCUT2D eigenvalue weighted by atomic mass is 16.6. The van der Waals surface area contributed by atoms with Crippen molar-refractivity contribution in [2.75, 3.05) is 5.43 Å². The number of aryl methyl sites for hydroxylation is 2. The maximum absolute atomic E-state index is 10.6. The summed E-state index contributed by atoms with van der Waals surface area (Å²) in [5.74, 6) is 0.425. The second-order valence-electron chi connectivity index (χ2n) is 4.59. The van der Waals surface area contributed by atoms with Gasteiger partial charge < -0.3 is 0 Å². The molecule has 0 aliphatic heterocycles. The molecule has 0 amide bonds. The molecule has 7 heteroatoms. The maximum Gasteiger partial charge on any atom is 0.269 e. The fraction of sp³-hybridized carbons (Fsp3) is 0.214. The Bertz CT molecular complexity index is 675. The van der Waals surface area contributed by atoms with Crippen LogP contribution < -0.4 is 5.43 Å². The number of nitro groups is 1. The van der Waals surface area contributed by atoms with Gasteiger partial charge >= 0.3 is 0 Å². The van der Waals surface area contributed by atoms with E-state index in [1.165, 1.54) is 12.1 Å². The summed E-state index contributed by atoms with van der Waals surface area (Å²) in [4.78, 5) is 18.6. The Balaban J connectivity index is 2.15. The number of nitrogens with zero attached hydrogens (tertiary/aromatic N) is 4. The van der Waals surface area contributed by atoms with E-state index in [9.17, 15) is 10.1 Å².